The van der Waals surface area contributed by atoms with Gasteiger partial charge in [-0.3, -0.25) is 0 Å². The second-order valence-corrected chi connectivity index (χ2v) is 5.38. The summed E-state index contributed by atoms with van der Waals surface area (Å²) in [6, 6.07) is 8.28. The molecule has 0 aliphatic carbocycles. The van der Waals surface area contributed by atoms with Crippen LogP contribution in [0.3, 0.4) is 0 Å². The molecule has 0 radical (unpaired) electrons. The Bertz CT molecular complexity index is 456. The Morgan fingerprint density at radius 2 is 2.33 bits per heavy atom. The van der Waals surface area contributed by atoms with E-state index < -0.39 is 0 Å². The van der Waals surface area contributed by atoms with Gasteiger partial charge in [-0.05, 0) is 40.4 Å². The minimum absolute atomic E-state index is 0.871. The molecule has 1 aromatic heterocycles. The number of benzene rings is 1. The fourth-order valence-electron chi connectivity index (χ4n) is 1.14. The van der Waals surface area contributed by atoms with Crippen LogP contribution >= 0.6 is 39.0 Å². The van der Waals surface area contributed by atoms with Crippen LogP contribution in [0.1, 0.15) is 0 Å². The van der Waals surface area contributed by atoms with E-state index in [9.17, 15) is 0 Å². The Balaban J connectivity index is 2.16. The second-order valence-electron chi connectivity index (χ2n) is 2.83. The molecule has 0 saturated carbocycles. The zero-order chi connectivity index (χ0) is 10.7. The van der Waals surface area contributed by atoms with Crippen LogP contribution < -0.4 is 5.32 Å². The summed E-state index contributed by atoms with van der Waals surface area (Å²) in [5, 5.41) is 6.13. The molecule has 0 bridgehead atoms. The first-order chi connectivity index (χ1) is 7.28. The number of nitrogens with zero attached hydrogens (tertiary/aromatic N) is 1. The molecule has 0 aliphatic heterocycles. The molecule has 1 aromatic carbocycles. The van der Waals surface area contributed by atoms with Crippen LogP contribution in [0.4, 0.5) is 10.8 Å². The summed E-state index contributed by atoms with van der Waals surface area (Å²) in [5.74, 6) is 0. The van der Waals surface area contributed by atoms with Crippen molar-refractivity contribution in [2.75, 3.05) is 11.6 Å². The predicted molar refractivity (Wildman–Crippen MR) is 71.3 cm³/mol. The summed E-state index contributed by atoms with van der Waals surface area (Å²) in [6.07, 6.45) is 2.07. The molecule has 15 heavy (non-hydrogen) atoms. The lowest BCUT2D eigenvalue weighted by molar-refractivity contribution is 1.34. The summed E-state index contributed by atoms with van der Waals surface area (Å²) in [5.41, 5.74) is 1.07. The number of thioether (sulfide) groups is 1. The van der Waals surface area contributed by atoms with E-state index in [4.69, 9.17) is 0 Å². The lowest BCUT2D eigenvalue weighted by Crippen LogP contribution is -1.88. The molecular formula is C10H9BrN2S2. The molecule has 2 aromatic rings. The van der Waals surface area contributed by atoms with Gasteiger partial charge >= 0.3 is 0 Å². The Labute approximate surface area is 105 Å². The number of anilines is 2. The SMILES string of the molecule is CSc1cccc(Nc2nc(Br)cs2)c1. The van der Waals surface area contributed by atoms with E-state index in [0.717, 1.165) is 15.4 Å². The number of hydrogen-bond acceptors (Lipinski definition) is 4. The standard InChI is InChI=1S/C10H9BrN2S2/c1-14-8-4-2-3-7(5-8)12-10-13-9(11)6-15-10/h2-6H,1H3,(H,12,13). The number of thiazole rings is 1. The first kappa shape index (κ1) is 11.0. The maximum Gasteiger partial charge on any atom is 0.188 e. The molecule has 0 amide bonds. The van der Waals surface area contributed by atoms with E-state index in [-0.39, 0.29) is 0 Å². The molecule has 5 heteroatoms. The quantitative estimate of drug-likeness (QED) is 0.852. The lowest BCUT2D eigenvalue weighted by Gasteiger charge is -2.03. The van der Waals surface area contributed by atoms with Crippen LogP contribution in [-0.2, 0) is 0 Å². The number of aromatic nitrogens is 1. The Morgan fingerprint density at radius 1 is 1.47 bits per heavy atom. The third-order valence-corrected chi connectivity index (χ3v) is 3.99. The Hall–Kier alpha value is -0.520. The van der Waals surface area contributed by atoms with Gasteiger partial charge in [-0.15, -0.1) is 23.1 Å². The first-order valence-corrected chi connectivity index (χ1v) is 7.20. The van der Waals surface area contributed by atoms with Crippen molar-refractivity contribution < 1.29 is 0 Å². The molecule has 1 N–H and O–H groups in total. The molecule has 0 aliphatic rings. The van der Waals surface area contributed by atoms with Gasteiger partial charge in [-0.1, -0.05) is 6.07 Å². The molecule has 0 unspecified atom stereocenters. The van der Waals surface area contributed by atoms with Gasteiger partial charge in [-0.2, -0.15) is 0 Å². The van der Waals surface area contributed by atoms with Crippen molar-refractivity contribution in [2.24, 2.45) is 0 Å². The first-order valence-electron chi connectivity index (χ1n) is 4.30. The highest BCUT2D eigenvalue weighted by molar-refractivity contribution is 9.10. The predicted octanol–water partition coefficient (Wildman–Crippen LogP) is 4.37. The molecule has 2 nitrogen and oxygen atoms in total. The smallest absolute Gasteiger partial charge is 0.188 e. The van der Waals surface area contributed by atoms with Gasteiger partial charge in [0, 0.05) is 16.0 Å². The summed E-state index contributed by atoms with van der Waals surface area (Å²) < 4.78 is 0.871. The number of hydrogen-bond donors (Lipinski definition) is 1. The van der Waals surface area contributed by atoms with Crippen molar-refractivity contribution in [3.8, 4) is 0 Å². The molecule has 0 spiro atoms. The van der Waals surface area contributed by atoms with Gasteiger partial charge in [0.25, 0.3) is 0 Å². The largest absolute Gasteiger partial charge is 0.331 e. The van der Waals surface area contributed by atoms with Gasteiger partial charge in [0.15, 0.2) is 5.13 Å². The van der Waals surface area contributed by atoms with E-state index in [0.29, 0.717) is 0 Å². The lowest BCUT2D eigenvalue weighted by atomic mass is 10.3. The van der Waals surface area contributed by atoms with E-state index >= 15 is 0 Å². The van der Waals surface area contributed by atoms with Crippen molar-refractivity contribution in [1.29, 1.82) is 0 Å². The van der Waals surface area contributed by atoms with Crippen molar-refractivity contribution in [3.05, 3.63) is 34.2 Å². The van der Waals surface area contributed by atoms with Gasteiger partial charge in [-0.25, -0.2) is 4.98 Å². The molecule has 78 valence electrons. The Kier molecular flexibility index (Phi) is 3.66. The Morgan fingerprint density at radius 3 is 3.00 bits per heavy atom. The van der Waals surface area contributed by atoms with Crippen LogP contribution in [0.15, 0.2) is 39.1 Å². The summed E-state index contributed by atoms with van der Waals surface area (Å²) >= 11 is 6.64. The molecule has 0 fully saturated rings. The topological polar surface area (TPSA) is 24.9 Å². The van der Waals surface area contributed by atoms with Crippen LogP contribution in [0, 0.1) is 0 Å². The zero-order valence-corrected chi connectivity index (χ0v) is 11.2. The van der Waals surface area contributed by atoms with Gasteiger partial charge in [0.2, 0.25) is 0 Å². The highest BCUT2D eigenvalue weighted by Crippen LogP contribution is 2.25. The molecular weight excluding hydrogens is 292 g/mol. The minimum Gasteiger partial charge on any atom is -0.331 e. The van der Waals surface area contributed by atoms with E-state index in [1.165, 1.54) is 4.90 Å². The van der Waals surface area contributed by atoms with Crippen LogP contribution in [0.2, 0.25) is 0 Å². The van der Waals surface area contributed by atoms with Gasteiger partial charge < -0.3 is 5.32 Å². The van der Waals surface area contributed by atoms with E-state index in [1.807, 2.05) is 17.5 Å². The third-order valence-electron chi connectivity index (χ3n) is 1.80. The van der Waals surface area contributed by atoms with E-state index in [2.05, 4.69) is 44.6 Å². The number of halogens is 1. The van der Waals surface area contributed by atoms with Crippen molar-refractivity contribution in [1.82, 2.24) is 4.98 Å². The summed E-state index contributed by atoms with van der Waals surface area (Å²) in [6.45, 7) is 0. The van der Waals surface area contributed by atoms with Crippen LogP contribution in [-0.4, -0.2) is 11.2 Å². The van der Waals surface area contributed by atoms with E-state index in [1.54, 1.807) is 23.1 Å². The normalized spacial score (nSPS) is 10.3. The third kappa shape index (κ3) is 2.96. The summed E-state index contributed by atoms with van der Waals surface area (Å²) in [7, 11) is 0. The molecule has 2 rings (SSSR count). The fraction of sp³-hybridized carbons (Fsp3) is 0.100. The highest BCUT2D eigenvalue weighted by atomic mass is 79.9. The fourth-order valence-corrected chi connectivity index (χ4v) is 2.76. The van der Waals surface area contributed by atoms with Gasteiger partial charge in [0.1, 0.15) is 4.60 Å². The number of nitrogens with one attached hydrogen (secondary N) is 1. The maximum absolute atomic E-state index is 4.28. The zero-order valence-electron chi connectivity index (χ0n) is 8.03. The second kappa shape index (κ2) is 5.01. The van der Waals surface area contributed by atoms with Crippen molar-refractivity contribution in [2.45, 2.75) is 4.90 Å². The van der Waals surface area contributed by atoms with Crippen LogP contribution in [0.25, 0.3) is 0 Å². The average molecular weight is 301 g/mol. The average Bonchev–Trinajstić information content (AvgIpc) is 2.64. The number of rotatable bonds is 3. The summed E-state index contributed by atoms with van der Waals surface area (Å²) in [4.78, 5) is 5.52. The molecule has 0 saturated heterocycles. The monoisotopic (exact) mass is 300 g/mol. The van der Waals surface area contributed by atoms with Crippen LogP contribution in [0.5, 0.6) is 0 Å². The van der Waals surface area contributed by atoms with Crippen molar-refractivity contribution in [3.63, 3.8) is 0 Å². The highest BCUT2D eigenvalue weighted by Gasteiger charge is 2.00. The molecule has 0 atom stereocenters. The molecule has 1 heterocycles. The van der Waals surface area contributed by atoms with Crippen molar-refractivity contribution >= 4 is 49.8 Å². The minimum atomic E-state index is 0.871. The van der Waals surface area contributed by atoms with Gasteiger partial charge in [0.05, 0.1) is 0 Å². The maximum atomic E-state index is 4.28.